The Hall–Kier alpha value is -1.91. The second kappa shape index (κ2) is 7.38. The van der Waals surface area contributed by atoms with Crippen molar-refractivity contribution in [1.29, 1.82) is 0 Å². The molecule has 1 fully saturated rings. The smallest absolute Gasteiger partial charge is 0.126 e. The molecule has 22 heavy (non-hydrogen) atoms. The molecule has 0 bridgehead atoms. The third kappa shape index (κ3) is 4.06. The first-order valence-electron chi connectivity index (χ1n) is 7.92. The second-order valence-corrected chi connectivity index (χ2v) is 5.91. The molecule has 0 unspecified atom stereocenters. The van der Waals surface area contributed by atoms with Gasteiger partial charge in [-0.2, -0.15) is 0 Å². The highest BCUT2D eigenvalue weighted by molar-refractivity contribution is 5.36. The molecule has 1 aromatic carbocycles. The Bertz CT molecular complexity index is 571. The van der Waals surface area contributed by atoms with Gasteiger partial charge in [0, 0.05) is 25.3 Å². The summed E-state index contributed by atoms with van der Waals surface area (Å²) in [6.07, 6.45) is 4.11. The Morgan fingerprint density at radius 3 is 2.73 bits per heavy atom. The first kappa shape index (κ1) is 15.0. The highest BCUT2D eigenvalue weighted by Gasteiger charge is 2.20. The Labute approximate surface area is 131 Å². The van der Waals surface area contributed by atoms with Crippen LogP contribution in [-0.2, 0) is 13.2 Å². The second-order valence-electron chi connectivity index (χ2n) is 5.91. The van der Waals surface area contributed by atoms with Crippen LogP contribution in [0, 0.1) is 0 Å². The zero-order valence-electron chi connectivity index (χ0n) is 12.8. The molecule has 0 saturated carbocycles. The van der Waals surface area contributed by atoms with Crippen LogP contribution in [0.25, 0.3) is 0 Å². The SMILES string of the molecule is OCc1ccc(N[C@@H]2CCCN(Cc3ccccc3)C2)nc1. The van der Waals surface area contributed by atoms with E-state index in [1.54, 1.807) is 6.20 Å². The third-order valence-electron chi connectivity index (χ3n) is 4.11. The number of nitrogens with zero attached hydrogens (tertiary/aromatic N) is 2. The molecule has 116 valence electrons. The minimum Gasteiger partial charge on any atom is -0.392 e. The van der Waals surface area contributed by atoms with Crippen LogP contribution >= 0.6 is 0 Å². The summed E-state index contributed by atoms with van der Waals surface area (Å²) < 4.78 is 0. The number of aliphatic hydroxyl groups excluding tert-OH is 1. The fourth-order valence-electron chi connectivity index (χ4n) is 2.97. The largest absolute Gasteiger partial charge is 0.392 e. The maximum absolute atomic E-state index is 9.06. The van der Waals surface area contributed by atoms with E-state index in [2.05, 4.69) is 45.5 Å². The van der Waals surface area contributed by atoms with E-state index in [1.807, 2.05) is 12.1 Å². The molecule has 3 rings (SSSR count). The molecule has 2 aromatic rings. The lowest BCUT2D eigenvalue weighted by Gasteiger charge is -2.33. The van der Waals surface area contributed by atoms with E-state index in [1.165, 1.54) is 18.4 Å². The van der Waals surface area contributed by atoms with Gasteiger partial charge < -0.3 is 10.4 Å². The maximum atomic E-state index is 9.06. The van der Waals surface area contributed by atoms with Crippen LogP contribution in [-0.4, -0.2) is 34.1 Å². The molecular weight excluding hydrogens is 274 g/mol. The van der Waals surface area contributed by atoms with Gasteiger partial charge in [0.25, 0.3) is 0 Å². The van der Waals surface area contributed by atoms with Crippen LogP contribution in [0.1, 0.15) is 24.0 Å². The molecular formula is C18H23N3O. The van der Waals surface area contributed by atoms with Crippen LogP contribution in [0.15, 0.2) is 48.7 Å². The highest BCUT2D eigenvalue weighted by atomic mass is 16.3. The van der Waals surface area contributed by atoms with Crippen molar-refractivity contribution in [2.45, 2.75) is 32.0 Å². The molecule has 1 aromatic heterocycles. The summed E-state index contributed by atoms with van der Waals surface area (Å²) in [4.78, 5) is 6.86. The molecule has 1 aliphatic rings. The lowest BCUT2D eigenvalue weighted by molar-refractivity contribution is 0.208. The number of likely N-dealkylation sites (tertiary alicyclic amines) is 1. The van der Waals surface area contributed by atoms with Crippen molar-refractivity contribution in [1.82, 2.24) is 9.88 Å². The monoisotopic (exact) mass is 297 g/mol. The lowest BCUT2D eigenvalue weighted by atomic mass is 10.0. The van der Waals surface area contributed by atoms with Gasteiger partial charge in [-0.1, -0.05) is 36.4 Å². The lowest BCUT2D eigenvalue weighted by Crippen LogP contribution is -2.41. The standard InChI is InChI=1S/C18H23N3O/c22-14-16-8-9-18(19-11-16)20-17-7-4-10-21(13-17)12-15-5-2-1-3-6-15/h1-3,5-6,8-9,11,17,22H,4,7,10,12-14H2,(H,19,20)/t17-/m1/s1. The summed E-state index contributed by atoms with van der Waals surface area (Å²) >= 11 is 0. The number of pyridine rings is 1. The molecule has 2 heterocycles. The van der Waals surface area contributed by atoms with Gasteiger partial charge in [0.15, 0.2) is 0 Å². The molecule has 1 atom stereocenters. The number of hydrogen-bond acceptors (Lipinski definition) is 4. The predicted octanol–water partition coefficient (Wildman–Crippen LogP) is 2.65. The van der Waals surface area contributed by atoms with Gasteiger partial charge in [-0.05, 0) is 36.6 Å². The summed E-state index contributed by atoms with van der Waals surface area (Å²) in [6, 6.07) is 14.9. The number of aliphatic hydroxyl groups is 1. The van der Waals surface area contributed by atoms with Crippen molar-refractivity contribution in [3.05, 3.63) is 59.8 Å². The molecule has 4 heteroatoms. The van der Waals surface area contributed by atoms with Gasteiger partial charge in [0.1, 0.15) is 5.82 Å². The van der Waals surface area contributed by atoms with E-state index < -0.39 is 0 Å². The van der Waals surface area contributed by atoms with Crippen molar-refractivity contribution in [3.8, 4) is 0 Å². The highest BCUT2D eigenvalue weighted by Crippen LogP contribution is 2.17. The van der Waals surface area contributed by atoms with Gasteiger partial charge in [-0.15, -0.1) is 0 Å². The number of hydrogen-bond donors (Lipinski definition) is 2. The van der Waals surface area contributed by atoms with E-state index in [9.17, 15) is 0 Å². The molecule has 2 N–H and O–H groups in total. The summed E-state index contributed by atoms with van der Waals surface area (Å²) in [5.41, 5.74) is 2.22. The van der Waals surface area contributed by atoms with Gasteiger partial charge in [0.2, 0.25) is 0 Å². The van der Waals surface area contributed by atoms with Gasteiger partial charge >= 0.3 is 0 Å². The van der Waals surface area contributed by atoms with Crippen LogP contribution in [0.2, 0.25) is 0 Å². The van der Waals surface area contributed by atoms with Crippen molar-refractivity contribution in [2.75, 3.05) is 18.4 Å². The average molecular weight is 297 g/mol. The fraction of sp³-hybridized carbons (Fsp3) is 0.389. The Morgan fingerprint density at radius 1 is 1.14 bits per heavy atom. The molecule has 1 saturated heterocycles. The first-order valence-corrected chi connectivity index (χ1v) is 7.92. The van der Waals surface area contributed by atoms with E-state index in [0.29, 0.717) is 6.04 Å². The summed E-state index contributed by atoms with van der Waals surface area (Å²) in [5, 5.41) is 12.6. The van der Waals surface area contributed by atoms with Gasteiger partial charge in [0.05, 0.1) is 6.61 Å². The zero-order chi connectivity index (χ0) is 15.2. The summed E-state index contributed by atoms with van der Waals surface area (Å²) in [5.74, 6) is 0.892. The number of nitrogens with one attached hydrogen (secondary N) is 1. The predicted molar refractivity (Wildman–Crippen MR) is 88.5 cm³/mol. The van der Waals surface area contributed by atoms with Crippen molar-refractivity contribution in [2.24, 2.45) is 0 Å². The fourth-order valence-corrected chi connectivity index (χ4v) is 2.97. The van der Waals surface area contributed by atoms with E-state index in [4.69, 9.17) is 5.11 Å². The van der Waals surface area contributed by atoms with Crippen LogP contribution in [0.3, 0.4) is 0 Å². The average Bonchev–Trinajstić information content (AvgIpc) is 2.57. The quantitative estimate of drug-likeness (QED) is 0.891. The third-order valence-corrected chi connectivity index (χ3v) is 4.11. The van der Waals surface area contributed by atoms with E-state index >= 15 is 0 Å². The Balaban J connectivity index is 1.55. The minimum absolute atomic E-state index is 0.0432. The Kier molecular flexibility index (Phi) is 5.03. The number of piperidine rings is 1. The zero-order valence-corrected chi connectivity index (χ0v) is 12.8. The molecule has 0 radical (unpaired) electrons. The summed E-state index contributed by atoms with van der Waals surface area (Å²) in [6.45, 7) is 3.25. The number of rotatable bonds is 5. The molecule has 0 amide bonds. The number of aromatic nitrogens is 1. The van der Waals surface area contributed by atoms with Crippen LogP contribution in [0.4, 0.5) is 5.82 Å². The number of anilines is 1. The van der Waals surface area contributed by atoms with Crippen LogP contribution < -0.4 is 5.32 Å². The topological polar surface area (TPSA) is 48.4 Å². The van der Waals surface area contributed by atoms with Crippen molar-refractivity contribution < 1.29 is 5.11 Å². The minimum atomic E-state index is 0.0432. The van der Waals surface area contributed by atoms with Crippen LogP contribution in [0.5, 0.6) is 0 Å². The number of benzene rings is 1. The molecule has 0 aliphatic carbocycles. The van der Waals surface area contributed by atoms with Crippen molar-refractivity contribution >= 4 is 5.82 Å². The molecule has 1 aliphatic heterocycles. The normalized spacial score (nSPS) is 19.0. The van der Waals surface area contributed by atoms with Gasteiger partial charge in [-0.25, -0.2) is 4.98 Å². The maximum Gasteiger partial charge on any atom is 0.126 e. The summed E-state index contributed by atoms with van der Waals surface area (Å²) in [7, 11) is 0. The van der Waals surface area contributed by atoms with E-state index in [0.717, 1.165) is 31.0 Å². The van der Waals surface area contributed by atoms with Gasteiger partial charge in [-0.3, -0.25) is 4.90 Å². The first-order chi connectivity index (χ1) is 10.8. The van der Waals surface area contributed by atoms with Crippen molar-refractivity contribution in [3.63, 3.8) is 0 Å². The molecule has 0 spiro atoms. The van der Waals surface area contributed by atoms with E-state index in [-0.39, 0.29) is 6.61 Å². The Morgan fingerprint density at radius 2 is 2.00 bits per heavy atom. The molecule has 4 nitrogen and oxygen atoms in total.